The number of aliphatic carboxylic acids is 1. The lowest BCUT2D eigenvalue weighted by atomic mass is 9.94. The number of amides is 2. The molecule has 0 bridgehead atoms. The molecule has 19 heavy (non-hydrogen) atoms. The molecule has 0 radical (unpaired) electrons. The fraction of sp³-hybridized carbons (Fsp3) is 0.846. The third-order valence-corrected chi connectivity index (χ3v) is 3.46. The topological polar surface area (TPSA) is 89.9 Å². The van der Waals surface area contributed by atoms with Gasteiger partial charge in [0, 0.05) is 25.6 Å². The number of hydrogen-bond donors (Lipinski definition) is 3. The van der Waals surface area contributed by atoms with E-state index in [1.807, 2.05) is 0 Å². The second kappa shape index (κ2) is 8.74. The molecule has 6 nitrogen and oxygen atoms in total. The van der Waals surface area contributed by atoms with Crippen LogP contribution in [0.25, 0.3) is 0 Å². The molecule has 0 aromatic rings. The zero-order valence-corrected chi connectivity index (χ0v) is 11.3. The van der Waals surface area contributed by atoms with E-state index in [2.05, 4.69) is 5.32 Å². The highest BCUT2D eigenvalue weighted by atomic mass is 16.4. The Kier molecular flexibility index (Phi) is 7.25. The lowest BCUT2D eigenvalue weighted by molar-refractivity contribution is -0.137. The maximum Gasteiger partial charge on any atom is 0.317 e. The van der Waals surface area contributed by atoms with Crippen LogP contribution in [0.3, 0.4) is 0 Å². The number of nitrogens with one attached hydrogen (secondary N) is 1. The summed E-state index contributed by atoms with van der Waals surface area (Å²) in [4.78, 5) is 24.1. The summed E-state index contributed by atoms with van der Waals surface area (Å²) in [6, 6.07) is 0.0201. The van der Waals surface area contributed by atoms with E-state index in [9.17, 15) is 9.59 Å². The van der Waals surface area contributed by atoms with Gasteiger partial charge in [-0.15, -0.1) is 0 Å². The summed E-state index contributed by atoms with van der Waals surface area (Å²) in [7, 11) is 0. The molecule has 0 aromatic carbocycles. The van der Waals surface area contributed by atoms with E-state index in [0.29, 0.717) is 19.5 Å². The van der Waals surface area contributed by atoms with E-state index in [0.717, 1.165) is 25.7 Å². The molecule has 3 N–H and O–H groups in total. The Morgan fingerprint density at radius 1 is 1.21 bits per heavy atom. The molecule has 6 heteroatoms. The predicted molar refractivity (Wildman–Crippen MR) is 70.9 cm³/mol. The highest BCUT2D eigenvalue weighted by Crippen LogP contribution is 2.22. The number of hydrogen-bond acceptors (Lipinski definition) is 3. The first-order chi connectivity index (χ1) is 9.15. The van der Waals surface area contributed by atoms with Crippen LogP contribution in [0.2, 0.25) is 0 Å². The summed E-state index contributed by atoms with van der Waals surface area (Å²) in [6.45, 7) is 0.661. The van der Waals surface area contributed by atoms with E-state index in [1.54, 1.807) is 4.90 Å². The zero-order chi connectivity index (χ0) is 14.1. The van der Waals surface area contributed by atoms with E-state index in [4.69, 9.17) is 10.2 Å². The fourth-order valence-corrected chi connectivity index (χ4v) is 2.49. The van der Waals surface area contributed by atoms with Crippen molar-refractivity contribution in [3.05, 3.63) is 0 Å². The van der Waals surface area contributed by atoms with Crippen LogP contribution in [0.15, 0.2) is 0 Å². The van der Waals surface area contributed by atoms with Gasteiger partial charge in [0.05, 0.1) is 6.61 Å². The molecule has 0 heterocycles. The molecular weight excluding hydrogens is 248 g/mol. The number of aliphatic hydroxyl groups is 1. The van der Waals surface area contributed by atoms with Crippen LogP contribution in [0.5, 0.6) is 0 Å². The van der Waals surface area contributed by atoms with Crippen LogP contribution in [-0.4, -0.2) is 52.9 Å². The summed E-state index contributed by atoms with van der Waals surface area (Å²) in [5.41, 5.74) is 0. The lowest BCUT2D eigenvalue weighted by Gasteiger charge is -2.34. The molecule has 1 fully saturated rings. The minimum atomic E-state index is -0.853. The molecule has 0 aromatic heterocycles. The molecule has 1 saturated carbocycles. The van der Waals surface area contributed by atoms with Crippen molar-refractivity contribution in [2.24, 2.45) is 0 Å². The van der Waals surface area contributed by atoms with Gasteiger partial charge >= 0.3 is 12.0 Å². The summed E-state index contributed by atoms with van der Waals surface area (Å²) in [5.74, 6) is -0.853. The van der Waals surface area contributed by atoms with Crippen molar-refractivity contribution >= 4 is 12.0 Å². The molecule has 0 saturated heterocycles. The van der Waals surface area contributed by atoms with Gasteiger partial charge in [0.1, 0.15) is 0 Å². The maximum absolute atomic E-state index is 12.0. The molecule has 1 aliphatic carbocycles. The number of aliphatic hydroxyl groups excluding tert-OH is 1. The number of nitrogens with zero attached hydrogens (tertiary/aromatic N) is 1. The van der Waals surface area contributed by atoms with Crippen LogP contribution in [-0.2, 0) is 4.79 Å². The van der Waals surface area contributed by atoms with Crippen LogP contribution >= 0.6 is 0 Å². The van der Waals surface area contributed by atoms with Gasteiger partial charge in [-0.3, -0.25) is 4.79 Å². The average Bonchev–Trinajstić information content (AvgIpc) is 2.41. The average molecular weight is 272 g/mol. The van der Waals surface area contributed by atoms with Gasteiger partial charge in [-0.05, 0) is 19.3 Å². The molecule has 0 atom stereocenters. The highest BCUT2D eigenvalue weighted by molar-refractivity contribution is 5.74. The number of carbonyl (C=O) groups excluding carboxylic acids is 1. The molecule has 1 rings (SSSR count). The van der Waals surface area contributed by atoms with Crippen molar-refractivity contribution < 1.29 is 19.8 Å². The third-order valence-electron chi connectivity index (χ3n) is 3.46. The fourth-order valence-electron chi connectivity index (χ4n) is 2.49. The van der Waals surface area contributed by atoms with Crippen molar-refractivity contribution in [3.8, 4) is 0 Å². The Hall–Kier alpha value is -1.30. The van der Waals surface area contributed by atoms with Crippen molar-refractivity contribution in [1.29, 1.82) is 0 Å². The quantitative estimate of drug-likeness (QED) is 0.607. The SMILES string of the molecule is O=C(O)CCCNC(=O)N(CCO)C1CCCCC1. The standard InChI is InChI=1S/C13H24N2O4/c16-10-9-15(11-5-2-1-3-6-11)13(19)14-8-4-7-12(17)18/h11,16H,1-10H2,(H,14,19)(H,17,18). The molecule has 110 valence electrons. The second-order valence-corrected chi connectivity index (χ2v) is 4.94. The third kappa shape index (κ3) is 5.92. The Morgan fingerprint density at radius 2 is 1.89 bits per heavy atom. The normalized spacial score (nSPS) is 16.1. The number of urea groups is 1. The molecule has 0 aliphatic heterocycles. The predicted octanol–water partition coefficient (Wildman–Crippen LogP) is 1.19. The molecule has 2 amide bonds. The molecule has 1 aliphatic rings. The zero-order valence-electron chi connectivity index (χ0n) is 11.3. The number of carboxylic acid groups (broad SMARTS) is 1. The number of rotatable bonds is 7. The van der Waals surface area contributed by atoms with Crippen molar-refractivity contribution in [2.45, 2.75) is 51.0 Å². The van der Waals surface area contributed by atoms with Crippen molar-refractivity contribution in [2.75, 3.05) is 19.7 Å². The summed E-state index contributed by atoms with van der Waals surface area (Å²) >= 11 is 0. The maximum atomic E-state index is 12.0. The Labute approximate surface area is 113 Å². The van der Waals surface area contributed by atoms with Gasteiger partial charge in [-0.2, -0.15) is 0 Å². The van der Waals surface area contributed by atoms with Crippen LogP contribution in [0.1, 0.15) is 44.9 Å². The Balaban J connectivity index is 2.36. The number of carbonyl (C=O) groups is 2. The summed E-state index contributed by atoms with van der Waals surface area (Å²) in [6.07, 6.45) is 5.93. The lowest BCUT2D eigenvalue weighted by Crippen LogP contribution is -2.48. The monoisotopic (exact) mass is 272 g/mol. The molecule has 0 spiro atoms. The second-order valence-electron chi connectivity index (χ2n) is 4.94. The first-order valence-corrected chi connectivity index (χ1v) is 7.02. The van der Waals surface area contributed by atoms with Gasteiger partial charge < -0.3 is 20.4 Å². The van der Waals surface area contributed by atoms with Gasteiger partial charge in [0.2, 0.25) is 0 Å². The molecular formula is C13H24N2O4. The minimum absolute atomic E-state index is 0.0426. The van der Waals surface area contributed by atoms with E-state index < -0.39 is 5.97 Å². The first kappa shape index (κ1) is 15.8. The summed E-state index contributed by atoms with van der Waals surface area (Å²) in [5, 5.41) is 20.3. The Bertz CT molecular complexity index is 290. The van der Waals surface area contributed by atoms with Gasteiger partial charge in [-0.25, -0.2) is 4.79 Å². The highest BCUT2D eigenvalue weighted by Gasteiger charge is 2.24. The van der Waals surface area contributed by atoms with E-state index >= 15 is 0 Å². The Morgan fingerprint density at radius 3 is 2.47 bits per heavy atom. The van der Waals surface area contributed by atoms with Crippen LogP contribution in [0, 0.1) is 0 Å². The first-order valence-electron chi connectivity index (χ1n) is 7.02. The minimum Gasteiger partial charge on any atom is -0.481 e. The van der Waals surface area contributed by atoms with Gasteiger partial charge in [-0.1, -0.05) is 19.3 Å². The smallest absolute Gasteiger partial charge is 0.317 e. The van der Waals surface area contributed by atoms with Gasteiger partial charge in [0.25, 0.3) is 0 Å². The number of carboxylic acids is 1. The van der Waals surface area contributed by atoms with Crippen molar-refractivity contribution in [3.63, 3.8) is 0 Å². The van der Waals surface area contributed by atoms with Crippen molar-refractivity contribution in [1.82, 2.24) is 10.2 Å². The van der Waals surface area contributed by atoms with Crippen LogP contribution in [0.4, 0.5) is 4.79 Å². The van der Waals surface area contributed by atoms with Gasteiger partial charge in [0.15, 0.2) is 0 Å². The van der Waals surface area contributed by atoms with Crippen LogP contribution < -0.4 is 5.32 Å². The largest absolute Gasteiger partial charge is 0.481 e. The summed E-state index contributed by atoms with van der Waals surface area (Å²) < 4.78 is 0. The van der Waals surface area contributed by atoms with E-state index in [-0.39, 0.29) is 25.1 Å². The molecule has 0 unspecified atom stereocenters. The van der Waals surface area contributed by atoms with E-state index in [1.165, 1.54) is 6.42 Å².